The molecule has 0 aliphatic carbocycles. The van der Waals surface area contributed by atoms with E-state index < -0.39 is 11.8 Å². The second kappa shape index (κ2) is 8.19. The number of carbonyl (C=O) groups excluding carboxylic acids is 2. The Hall–Kier alpha value is -1.14. The van der Waals surface area contributed by atoms with Crippen molar-refractivity contribution in [1.82, 2.24) is 10.6 Å². The Bertz CT molecular complexity index is 209. The summed E-state index contributed by atoms with van der Waals surface area (Å²) in [6.45, 7) is 2.98. The SMILES string of the molecule is COCCC(C)NC(=O)C(=O)NCCN. The summed E-state index contributed by atoms with van der Waals surface area (Å²) >= 11 is 0. The van der Waals surface area contributed by atoms with Gasteiger partial charge >= 0.3 is 11.8 Å². The quantitative estimate of drug-likeness (QED) is 0.477. The molecule has 0 radical (unpaired) electrons. The summed E-state index contributed by atoms with van der Waals surface area (Å²) in [6.07, 6.45) is 0.673. The van der Waals surface area contributed by atoms with Crippen molar-refractivity contribution < 1.29 is 14.3 Å². The van der Waals surface area contributed by atoms with E-state index in [0.717, 1.165) is 0 Å². The number of nitrogens with one attached hydrogen (secondary N) is 2. The number of hydrogen-bond donors (Lipinski definition) is 3. The Morgan fingerprint density at radius 1 is 1.40 bits per heavy atom. The average Bonchev–Trinajstić information content (AvgIpc) is 2.22. The molecule has 0 aromatic carbocycles. The van der Waals surface area contributed by atoms with Crippen molar-refractivity contribution >= 4 is 11.8 Å². The van der Waals surface area contributed by atoms with Crippen molar-refractivity contribution in [2.45, 2.75) is 19.4 Å². The molecule has 0 aromatic rings. The lowest BCUT2D eigenvalue weighted by Gasteiger charge is -2.12. The van der Waals surface area contributed by atoms with Gasteiger partial charge in [-0.1, -0.05) is 0 Å². The maximum Gasteiger partial charge on any atom is 0.309 e. The first kappa shape index (κ1) is 13.9. The summed E-state index contributed by atoms with van der Waals surface area (Å²) in [4.78, 5) is 22.3. The molecule has 0 saturated carbocycles. The van der Waals surface area contributed by atoms with Crippen LogP contribution in [-0.4, -0.2) is 44.7 Å². The highest BCUT2D eigenvalue weighted by Gasteiger charge is 2.14. The van der Waals surface area contributed by atoms with Crippen molar-refractivity contribution in [3.63, 3.8) is 0 Å². The van der Waals surface area contributed by atoms with Crippen LogP contribution in [0.5, 0.6) is 0 Å². The molecule has 0 saturated heterocycles. The van der Waals surface area contributed by atoms with Crippen LogP contribution in [0.2, 0.25) is 0 Å². The molecule has 0 fully saturated rings. The van der Waals surface area contributed by atoms with E-state index in [0.29, 0.717) is 26.1 Å². The van der Waals surface area contributed by atoms with Crippen LogP contribution in [0.15, 0.2) is 0 Å². The molecule has 4 N–H and O–H groups in total. The van der Waals surface area contributed by atoms with E-state index in [9.17, 15) is 9.59 Å². The largest absolute Gasteiger partial charge is 0.385 e. The van der Waals surface area contributed by atoms with E-state index >= 15 is 0 Å². The second-order valence-corrected chi connectivity index (χ2v) is 3.20. The molecule has 6 nitrogen and oxygen atoms in total. The van der Waals surface area contributed by atoms with Crippen LogP contribution in [0, 0.1) is 0 Å². The minimum absolute atomic E-state index is 0.0823. The zero-order chi connectivity index (χ0) is 11.7. The van der Waals surface area contributed by atoms with Crippen LogP contribution in [-0.2, 0) is 14.3 Å². The first-order valence-electron chi connectivity index (χ1n) is 4.89. The van der Waals surface area contributed by atoms with Gasteiger partial charge < -0.3 is 21.1 Å². The number of rotatable bonds is 6. The van der Waals surface area contributed by atoms with E-state index in [1.54, 1.807) is 7.11 Å². The van der Waals surface area contributed by atoms with Crippen LogP contribution in [0.1, 0.15) is 13.3 Å². The normalized spacial score (nSPS) is 11.9. The molecular weight excluding hydrogens is 198 g/mol. The highest BCUT2D eigenvalue weighted by Crippen LogP contribution is 1.90. The number of methoxy groups -OCH3 is 1. The smallest absolute Gasteiger partial charge is 0.309 e. The summed E-state index contributed by atoms with van der Waals surface area (Å²) in [6, 6.07) is -0.0823. The number of amides is 2. The summed E-state index contributed by atoms with van der Waals surface area (Å²) in [7, 11) is 1.59. The first-order valence-corrected chi connectivity index (χ1v) is 4.89. The Kier molecular flexibility index (Phi) is 7.57. The molecule has 1 atom stereocenters. The van der Waals surface area contributed by atoms with Gasteiger partial charge in [-0.3, -0.25) is 9.59 Å². The molecule has 1 unspecified atom stereocenters. The summed E-state index contributed by atoms with van der Waals surface area (Å²) in [5.41, 5.74) is 5.18. The molecule has 0 spiro atoms. The van der Waals surface area contributed by atoms with E-state index in [1.165, 1.54) is 0 Å². The van der Waals surface area contributed by atoms with Gasteiger partial charge in [0.1, 0.15) is 0 Å². The van der Waals surface area contributed by atoms with Crippen LogP contribution >= 0.6 is 0 Å². The average molecular weight is 217 g/mol. The second-order valence-electron chi connectivity index (χ2n) is 3.20. The Balaban J connectivity index is 3.75. The Morgan fingerprint density at radius 2 is 2.07 bits per heavy atom. The maximum atomic E-state index is 11.2. The third-order valence-corrected chi connectivity index (χ3v) is 1.77. The number of nitrogens with two attached hydrogens (primary N) is 1. The van der Waals surface area contributed by atoms with Crippen LogP contribution < -0.4 is 16.4 Å². The predicted molar refractivity (Wildman–Crippen MR) is 56.2 cm³/mol. The third-order valence-electron chi connectivity index (χ3n) is 1.77. The van der Waals surface area contributed by atoms with Crippen molar-refractivity contribution in [3.8, 4) is 0 Å². The molecule has 88 valence electrons. The Labute approximate surface area is 89.5 Å². The molecular formula is C9H19N3O3. The van der Waals surface area contributed by atoms with Crippen molar-refractivity contribution in [2.75, 3.05) is 26.8 Å². The molecule has 2 amide bonds. The van der Waals surface area contributed by atoms with Gasteiger partial charge in [-0.05, 0) is 13.3 Å². The molecule has 0 aliphatic heterocycles. The van der Waals surface area contributed by atoms with Gasteiger partial charge in [0.25, 0.3) is 0 Å². The van der Waals surface area contributed by atoms with Crippen molar-refractivity contribution in [3.05, 3.63) is 0 Å². The zero-order valence-electron chi connectivity index (χ0n) is 9.21. The predicted octanol–water partition coefficient (Wildman–Crippen LogP) is -1.40. The van der Waals surface area contributed by atoms with Gasteiger partial charge in [-0.2, -0.15) is 0 Å². The number of hydrogen-bond acceptors (Lipinski definition) is 4. The van der Waals surface area contributed by atoms with Crippen LogP contribution in [0.3, 0.4) is 0 Å². The first-order chi connectivity index (χ1) is 7.11. The van der Waals surface area contributed by atoms with Crippen LogP contribution in [0.25, 0.3) is 0 Å². The molecule has 0 bridgehead atoms. The number of carbonyl (C=O) groups is 2. The van der Waals surface area contributed by atoms with E-state index in [4.69, 9.17) is 10.5 Å². The Morgan fingerprint density at radius 3 is 2.60 bits per heavy atom. The van der Waals surface area contributed by atoms with Gasteiger partial charge in [0.2, 0.25) is 0 Å². The fourth-order valence-electron chi connectivity index (χ4n) is 0.922. The van der Waals surface area contributed by atoms with E-state index in [-0.39, 0.29) is 6.04 Å². The molecule has 15 heavy (non-hydrogen) atoms. The molecule has 0 rings (SSSR count). The minimum Gasteiger partial charge on any atom is -0.385 e. The van der Waals surface area contributed by atoms with E-state index in [1.807, 2.05) is 6.92 Å². The highest BCUT2D eigenvalue weighted by atomic mass is 16.5. The third kappa shape index (κ3) is 6.87. The molecule has 6 heteroatoms. The minimum atomic E-state index is -0.648. The summed E-state index contributed by atoms with van der Waals surface area (Å²) in [5, 5.41) is 4.94. The van der Waals surface area contributed by atoms with E-state index in [2.05, 4.69) is 10.6 Å². The summed E-state index contributed by atoms with van der Waals surface area (Å²) < 4.78 is 4.85. The number of ether oxygens (including phenoxy) is 1. The van der Waals surface area contributed by atoms with Crippen LogP contribution in [0.4, 0.5) is 0 Å². The molecule has 0 heterocycles. The molecule has 0 aliphatic rings. The molecule has 0 aromatic heterocycles. The van der Waals surface area contributed by atoms with Crippen molar-refractivity contribution in [1.29, 1.82) is 0 Å². The van der Waals surface area contributed by atoms with Gasteiger partial charge in [0.15, 0.2) is 0 Å². The lowest BCUT2D eigenvalue weighted by atomic mass is 10.2. The lowest BCUT2D eigenvalue weighted by molar-refractivity contribution is -0.139. The van der Waals surface area contributed by atoms with Gasteiger partial charge in [-0.15, -0.1) is 0 Å². The lowest BCUT2D eigenvalue weighted by Crippen LogP contribution is -2.45. The fraction of sp³-hybridized carbons (Fsp3) is 0.778. The maximum absolute atomic E-state index is 11.2. The topological polar surface area (TPSA) is 93.4 Å². The highest BCUT2D eigenvalue weighted by molar-refractivity contribution is 6.35. The van der Waals surface area contributed by atoms with Crippen molar-refractivity contribution in [2.24, 2.45) is 5.73 Å². The van der Waals surface area contributed by atoms with Gasteiger partial charge in [0.05, 0.1) is 0 Å². The van der Waals surface area contributed by atoms with Gasteiger partial charge in [-0.25, -0.2) is 0 Å². The fourth-order valence-corrected chi connectivity index (χ4v) is 0.922. The standard InChI is InChI=1S/C9H19N3O3/c1-7(3-6-15-2)12-9(14)8(13)11-5-4-10/h7H,3-6,10H2,1-2H3,(H,11,13)(H,12,14). The zero-order valence-corrected chi connectivity index (χ0v) is 9.21. The monoisotopic (exact) mass is 217 g/mol. The summed E-state index contributed by atoms with van der Waals surface area (Å²) in [5.74, 6) is -1.28. The van der Waals surface area contributed by atoms with Gasteiger partial charge in [0, 0.05) is 32.8 Å².